The van der Waals surface area contributed by atoms with E-state index in [1.165, 1.54) is 39.0 Å². The van der Waals surface area contributed by atoms with Crippen molar-refractivity contribution >= 4 is 11.8 Å². The predicted octanol–water partition coefficient (Wildman–Crippen LogP) is 2.79. The van der Waals surface area contributed by atoms with Crippen LogP contribution in [0.25, 0.3) is 0 Å². The lowest BCUT2D eigenvalue weighted by Gasteiger charge is -2.21. The fraction of sp³-hybridized carbons (Fsp3) is 0.714. The Bertz CT molecular complexity index is 337. The van der Waals surface area contributed by atoms with E-state index >= 15 is 0 Å². The summed E-state index contributed by atoms with van der Waals surface area (Å²) in [6.45, 7) is 1.35. The van der Waals surface area contributed by atoms with Crippen LogP contribution in [0.5, 0.6) is 0 Å². The fourth-order valence-electron chi connectivity index (χ4n) is 2.85. The van der Waals surface area contributed by atoms with Crippen LogP contribution in [0.2, 0.25) is 0 Å². The molecule has 0 bridgehead atoms. The highest BCUT2D eigenvalue weighted by Gasteiger charge is 2.31. The second-order valence-corrected chi connectivity index (χ2v) is 5.14. The van der Waals surface area contributed by atoms with Crippen LogP contribution in [0.4, 0.5) is 0 Å². The van der Waals surface area contributed by atoms with Crippen LogP contribution in [0.15, 0.2) is 11.6 Å². The molecule has 94 valence electrons. The Morgan fingerprint density at radius 3 is 2.71 bits per heavy atom. The van der Waals surface area contributed by atoms with Crippen LogP contribution in [0, 0.1) is 5.92 Å². The van der Waals surface area contributed by atoms with Gasteiger partial charge in [-0.3, -0.25) is 9.59 Å². The zero-order chi connectivity index (χ0) is 12.3. The maximum atomic E-state index is 12.0. The largest absolute Gasteiger partial charge is 0.454 e. The van der Waals surface area contributed by atoms with Crippen molar-refractivity contribution in [3.63, 3.8) is 0 Å². The quantitative estimate of drug-likeness (QED) is 0.708. The molecule has 2 rings (SSSR count). The van der Waals surface area contributed by atoms with E-state index in [2.05, 4.69) is 0 Å². The summed E-state index contributed by atoms with van der Waals surface area (Å²) in [7, 11) is 0. The topological polar surface area (TPSA) is 43.4 Å². The Morgan fingerprint density at radius 2 is 2.06 bits per heavy atom. The number of rotatable bonds is 3. The van der Waals surface area contributed by atoms with E-state index in [-0.39, 0.29) is 11.8 Å². The Hall–Kier alpha value is -1.12. The molecule has 0 saturated heterocycles. The number of carbonyl (C=O) groups excluding carboxylic acids is 2. The Kier molecular flexibility index (Phi) is 3.97. The van der Waals surface area contributed by atoms with Crippen LogP contribution in [0.3, 0.4) is 0 Å². The molecular formula is C14H20O3. The summed E-state index contributed by atoms with van der Waals surface area (Å²) >= 11 is 0. The molecule has 17 heavy (non-hydrogen) atoms. The maximum absolute atomic E-state index is 12.0. The number of hydrogen-bond acceptors (Lipinski definition) is 3. The Balaban J connectivity index is 1.86. The van der Waals surface area contributed by atoms with Crippen molar-refractivity contribution in [1.82, 2.24) is 0 Å². The molecule has 1 atom stereocenters. The fourth-order valence-corrected chi connectivity index (χ4v) is 2.85. The highest BCUT2D eigenvalue weighted by molar-refractivity contribution is 6.02. The summed E-state index contributed by atoms with van der Waals surface area (Å²) in [5.41, 5.74) is 0.892. The molecule has 0 radical (unpaired) electrons. The van der Waals surface area contributed by atoms with Gasteiger partial charge in [-0.05, 0) is 17.9 Å². The van der Waals surface area contributed by atoms with Gasteiger partial charge in [-0.1, -0.05) is 38.2 Å². The molecule has 0 N–H and O–H groups in total. The SMILES string of the molecule is CC(=O)OC1CC=C(CC2CCCCC2)C1=O. The van der Waals surface area contributed by atoms with Crippen molar-refractivity contribution in [1.29, 1.82) is 0 Å². The van der Waals surface area contributed by atoms with E-state index in [1.54, 1.807) is 0 Å². The molecule has 1 saturated carbocycles. The smallest absolute Gasteiger partial charge is 0.303 e. The average Bonchev–Trinajstić information content (AvgIpc) is 2.62. The van der Waals surface area contributed by atoms with E-state index in [0.717, 1.165) is 12.0 Å². The van der Waals surface area contributed by atoms with Crippen molar-refractivity contribution in [2.45, 2.75) is 58.0 Å². The molecular weight excluding hydrogens is 216 g/mol. The van der Waals surface area contributed by atoms with Crippen LogP contribution < -0.4 is 0 Å². The molecule has 2 aliphatic carbocycles. The first-order valence-corrected chi connectivity index (χ1v) is 6.57. The summed E-state index contributed by atoms with van der Waals surface area (Å²) in [6.07, 6.45) is 9.28. The highest BCUT2D eigenvalue weighted by atomic mass is 16.5. The zero-order valence-corrected chi connectivity index (χ0v) is 10.4. The normalized spacial score (nSPS) is 25.8. The minimum atomic E-state index is -0.536. The van der Waals surface area contributed by atoms with Gasteiger partial charge in [0.1, 0.15) is 0 Å². The third-order valence-electron chi connectivity index (χ3n) is 3.73. The Morgan fingerprint density at radius 1 is 1.35 bits per heavy atom. The molecule has 0 aromatic rings. The second kappa shape index (κ2) is 5.48. The summed E-state index contributed by atoms with van der Waals surface area (Å²) in [6, 6.07) is 0. The van der Waals surface area contributed by atoms with Gasteiger partial charge >= 0.3 is 5.97 Å². The third-order valence-corrected chi connectivity index (χ3v) is 3.73. The van der Waals surface area contributed by atoms with Gasteiger partial charge in [-0.2, -0.15) is 0 Å². The third kappa shape index (κ3) is 3.18. The summed E-state index contributed by atoms with van der Waals surface area (Å²) < 4.78 is 5.00. The number of hydrogen-bond donors (Lipinski definition) is 0. The Labute approximate surface area is 102 Å². The number of esters is 1. The van der Waals surface area contributed by atoms with E-state index < -0.39 is 6.10 Å². The lowest BCUT2D eigenvalue weighted by molar-refractivity contribution is -0.150. The first kappa shape index (κ1) is 12.3. The van der Waals surface area contributed by atoms with Crippen molar-refractivity contribution < 1.29 is 14.3 Å². The van der Waals surface area contributed by atoms with E-state index in [1.807, 2.05) is 6.08 Å². The van der Waals surface area contributed by atoms with E-state index in [0.29, 0.717) is 12.3 Å². The van der Waals surface area contributed by atoms with E-state index in [9.17, 15) is 9.59 Å². The first-order chi connectivity index (χ1) is 8.16. The molecule has 0 amide bonds. The second-order valence-electron chi connectivity index (χ2n) is 5.14. The molecule has 3 nitrogen and oxygen atoms in total. The lowest BCUT2D eigenvalue weighted by atomic mass is 9.84. The number of ether oxygens (including phenoxy) is 1. The molecule has 2 aliphatic rings. The van der Waals surface area contributed by atoms with Gasteiger partial charge in [0.15, 0.2) is 11.9 Å². The van der Waals surface area contributed by atoms with Crippen molar-refractivity contribution in [3.05, 3.63) is 11.6 Å². The molecule has 0 aromatic heterocycles. The van der Waals surface area contributed by atoms with Gasteiger partial charge in [0.25, 0.3) is 0 Å². The standard InChI is InChI=1S/C14H20O3/c1-10(15)17-13-8-7-12(14(13)16)9-11-5-3-2-4-6-11/h7,11,13H,2-6,8-9H2,1H3. The van der Waals surface area contributed by atoms with Crippen LogP contribution >= 0.6 is 0 Å². The number of Topliss-reactive ketones (excluding diaryl/α,β-unsaturated/α-hetero) is 1. The van der Waals surface area contributed by atoms with Crippen molar-refractivity contribution in [2.75, 3.05) is 0 Å². The molecule has 0 aromatic carbocycles. The monoisotopic (exact) mass is 236 g/mol. The van der Waals surface area contributed by atoms with Gasteiger partial charge in [0.2, 0.25) is 0 Å². The van der Waals surface area contributed by atoms with Crippen LogP contribution in [0.1, 0.15) is 51.9 Å². The molecule has 3 heteroatoms. The first-order valence-electron chi connectivity index (χ1n) is 6.57. The molecule has 1 fully saturated rings. The summed E-state index contributed by atoms with van der Waals surface area (Å²) in [4.78, 5) is 22.8. The van der Waals surface area contributed by atoms with Crippen molar-refractivity contribution in [3.8, 4) is 0 Å². The minimum absolute atomic E-state index is 0.0331. The summed E-state index contributed by atoms with van der Waals surface area (Å²) in [5.74, 6) is 0.330. The lowest BCUT2D eigenvalue weighted by Crippen LogP contribution is -2.23. The molecule has 1 unspecified atom stereocenters. The zero-order valence-electron chi connectivity index (χ0n) is 10.4. The summed E-state index contributed by atoms with van der Waals surface area (Å²) in [5, 5.41) is 0. The predicted molar refractivity (Wildman–Crippen MR) is 64.5 cm³/mol. The molecule has 0 spiro atoms. The van der Waals surface area contributed by atoms with Gasteiger partial charge in [0, 0.05) is 13.3 Å². The van der Waals surface area contributed by atoms with Gasteiger partial charge in [0.05, 0.1) is 0 Å². The van der Waals surface area contributed by atoms with Crippen LogP contribution in [-0.4, -0.2) is 17.9 Å². The van der Waals surface area contributed by atoms with Crippen LogP contribution in [-0.2, 0) is 14.3 Å². The van der Waals surface area contributed by atoms with Crippen molar-refractivity contribution in [2.24, 2.45) is 5.92 Å². The van der Waals surface area contributed by atoms with E-state index in [4.69, 9.17) is 4.74 Å². The minimum Gasteiger partial charge on any atom is -0.454 e. The molecule has 0 aliphatic heterocycles. The van der Waals surface area contributed by atoms with Gasteiger partial charge < -0.3 is 4.74 Å². The molecule has 0 heterocycles. The van der Waals surface area contributed by atoms with Gasteiger partial charge in [-0.25, -0.2) is 0 Å². The number of ketones is 1. The average molecular weight is 236 g/mol. The van der Waals surface area contributed by atoms with Gasteiger partial charge in [-0.15, -0.1) is 0 Å². The number of carbonyl (C=O) groups is 2. The highest BCUT2D eigenvalue weighted by Crippen LogP contribution is 2.32. The maximum Gasteiger partial charge on any atom is 0.303 e.